The zero-order valence-corrected chi connectivity index (χ0v) is 18.2. The summed E-state index contributed by atoms with van der Waals surface area (Å²) in [5, 5.41) is 9.50. The van der Waals surface area contributed by atoms with E-state index in [0.29, 0.717) is 34.3 Å². The number of nitrogens with zero attached hydrogens (tertiary/aromatic N) is 1. The van der Waals surface area contributed by atoms with Crippen LogP contribution in [0.2, 0.25) is 5.02 Å². The first-order valence-electron chi connectivity index (χ1n) is 9.43. The molecule has 1 N–H and O–H groups in total. The van der Waals surface area contributed by atoms with E-state index in [-0.39, 0.29) is 5.78 Å². The predicted molar refractivity (Wildman–Crippen MR) is 119 cm³/mol. The number of aliphatic carboxylic acids is 1. The Morgan fingerprint density at radius 1 is 1.17 bits per heavy atom. The summed E-state index contributed by atoms with van der Waals surface area (Å²) in [6.45, 7) is 4.07. The lowest BCUT2D eigenvalue weighted by Gasteiger charge is -2.12. The van der Waals surface area contributed by atoms with E-state index in [4.69, 9.17) is 21.4 Å². The fourth-order valence-corrected chi connectivity index (χ4v) is 3.98. The van der Waals surface area contributed by atoms with Gasteiger partial charge in [0.25, 0.3) is 0 Å². The van der Waals surface area contributed by atoms with Crippen LogP contribution in [0.4, 0.5) is 0 Å². The zero-order valence-electron chi connectivity index (χ0n) is 16.7. The van der Waals surface area contributed by atoms with Crippen LogP contribution in [-0.2, 0) is 11.3 Å². The fraction of sp³-hybridized carbons (Fsp3) is 0.217. The Labute approximate surface area is 184 Å². The van der Waals surface area contributed by atoms with Crippen molar-refractivity contribution in [2.75, 3.05) is 5.75 Å². The van der Waals surface area contributed by atoms with E-state index in [2.05, 4.69) is 0 Å². The molecule has 0 fully saturated rings. The van der Waals surface area contributed by atoms with E-state index in [0.717, 1.165) is 10.5 Å². The maximum Gasteiger partial charge on any atom is 0.344 e. The van der Waals surface area contributed by atoms with Gasteiger partial charge in [0.05, 0.1) is 10.7 Å². The van der Waals surface area contributed by atoms with E-state index >= 15 is 0 Å². The molecule has 0 bridgehead atoms. The van der Waals surface area contributed by atoms with Gasteiger partial charge in [0.1, 0.15) is 5.75 Å². The lowest BCUT2D eigenvalue weighted by atomic mass is 10.1. The largest absolute Gasteiger partial charge is 0.479 e. The molecule has 7 heteroatoms. The van der Waals surface area contributed by atoms with Gasteiger partial charge < -0.3 is 14.4 Å². The Hall–Kier alpha value is -2.70. The number of aromatic nitrogens is 1. The van der Waals surface area contributed by atoms with Gasteiger partial charge in [-0.2, -0.15) is 0 Å². The number of carboxylic acids is 1. The van der Waals surface area contributed by atoms with Gasteiger partial charge in [-0.3, -0.25) is 4.79 Å². The number of carboxylic acid groups (broad SMARTS) is 1. The minimum Gasteiger partial charge on any atom is -0.479 e. The third kappa shape index (κ3) is 5.68. The molecule has 0 aliphatic rings. The highest BCUT2D eigenvalue weighted by Gasteiger charge is 2.16. The van der Waals surface area contributed by atoms with E-state index in [9.17, 15) is 9.59 Å². The first-order valence-corrected chi connectivity index (χ1v) is 10.8. The van der Waals surface area contributed by atoms with Crippen LogP contribution >= 0.6 is 23.4 Å². The lowest BCUT2D eigenvalue weighted by molar-refractivity contribution is -0.144. The van der Waals surface area contributed by atoms with Gasteiger partial charge >= 0.3 is 5.97 Å². The quantitative estimate of drug-likeness (QED) is 0.358. The topological polar surface area (TPSA) is 68.5 Å². The molecular weight excluding hydrogens is 422 g/mol. The molecule has 0 unspecified atom stereocenters. The highest BCUT2D eigenvalue weighted by molar-refractivity contribution is 7.99. The molecule has 0 amide bonds. The summed E-state index contributed by atoms with van der Waals surface area (Å²) in [6.07, 6.45) is 0.847. The van der Waals surface area contributed by atoms with Crippen molar-refractivity contribution in [3.63, 3.8) is 0 Å². The second-order valence-electron chi connectivity index (χ2n) is 6.85. The van der Waals surface area contributed by atoms with Gasteiger partial charge in [-0.25, -0.2) is 4.79 Å². The van der Waals surface area contributed by atoms with Crippen molar-refractivity contribution in [3.05, 3.63) is 82.6 Å². The van der Waals surface area contributed by atoms with Crippen LogP contribution in [0.3, 0.4) is 0 Å². The van der Waals surface area contributed by atoms with Gasteiger partial charge in [-0.15, -0.1) is 11.8 Å². The van der Waals surface area contributed by atoms with Crippen LogP contribution in [0.15, 0.2) is 65.7 Å². The number of carbonyl (C=O) groups excluding carboxylic acids is 1. The Morgan fingerprint density at radius 2 is 1.90 bits per heavy atom. The van der Waals surface area contributed by atoms with Crippen LogP contribution in [0, 0.1) is 6.92 Å². The molecule has 3 rings (SSSR count). The third-order valence-corrected chi connectivity index (χ3v) is 5.66. The van der Waals surface area contributed by atoms with Gasteiger partial charge in [0.2, 0.25) is 5.78 Å². The van der Waals surface area contributed by atoms with Crippen LogP contribution in [0.5, 0.6) is 5.75 Å². The Morgan fingerprint density at radius 3 is 2.60 bits per heavy atom. The molecule has 1 aromatic heterocycles. The van der Waals surface area contributed by atoms with Crippen LogP contribution in [-0.4, -0.2) is 33.3 Å². The molecule has 1 atom stereocenters. The number of rotatable bonds is 9. The molecule has 0 radical (unpaired) electrons. The molecule has 156 valence electrons. The lowest BCUT2D eigenvalue weighted by Crippen LogP contribution is -2.22. The number of ketones is 1. The molecule has 2 aromatic carbocycles. The monoisotopic (exact) mass is 443 g/mol. The minimum absolute atomic E-state index is 0.0649. The van der Waals surface area contributed by atoms with Crippen molar-refractivity contribution >= 4 is 35.1 Å². The summed E-state index contributed by atoms with van der Waals surface area (Å²) < 4.78 is 7.28. The Kier molecular flexibility index (Phi) is 7.24. The maximum atomic E-state index is 12.9. The molecule has 0 spiro atoms. The minimum atomic E-state index is -1.01. The molecule has 3 aromatic rings. The van der Waals surface area contributed by atoms with Gasteiger partial charge in [0.15, 0.2) is 6.10 Å². The fourth-order valence-electron chi connectivity index (χ4n) is 2.86. The van der Waals surface area contributed by atoms with Crippen molar-refractivity contribution in [1.29, 1.82) is 0 Å². The Balaban J connectivity index is 1.65. The second-order valence-corrected chi connectivity index (χ2v) is 8.46. The number of hydrogen-bond donors (Lipinski definition) is 1. The molecular formula is C23H22ClNO4S. The van der Waals surface area contributed by atoms with Crippen molar-refractivity contribution in [3.8, 4) is 5.75 Å². The van der Waals surface area contributed by atoms with Crippen molar-refractivity contribution in [1.82, 2.24) is 4.57 Å². The van der Waals surface area contributed by atoms with Crippen LogP contribution < -0.4 is 4.74 Å². The highest BCUT2D eigenvalue weighted by Crippen LogP contribution is 2.25. The van der Waals surface area contributed by atoms with E-state index in [1.165, 1.54) is 6.92 Å². The van der Waals surface area contributed by atoms with Gasteiger partial charge in [-0.1, -0.05) is 47.5 Å². The number of halogens is 1. The molecule has 0 saturated carbocycles. The van der Waals surface area contributed by atoms with Crippen molar-refractivity contribution in [2.24, 2.45) is 0 Å². The summed E-state index contributed by atoms with van der Waals surface area (Å²) in [4.78, 5) is 24.8. The number of thioether (sulfide) groups is 1. The second kappa shape index (κ2) is 9.87. The summed E-state index contributed by atoms with van der Waals surface area (Å²) in [5.74, 6) is 0.138. The third-order valence-electron chi connectivity index (χ3n) is 4.48. The van der Waals surface area contributed by atoms with Crippen LogP contribution in [0.1, 0.15) is 28.5 Å². The summed E-state index contributed by atoms with van der Waals surface area (Å²) in [5.41, 5.74) is 2.28. The van der Waals surface area contributed by atoms with Crippen molar-refractivity contribution < 1.29 is 19.4 Å². The molecule has 1 heterocycles. The average Bonchev–Trinajstić information content (AvgIpc) is 3.08. The summed E-state index contributed by atoms with van der Waals surface area (Å²) in [6, 6.07) is 16.5. The Bertz CT molecular complexity index is 1050. The zero-order chi connectivity index (χ0) is 21.7. The maximum absolute atomic E-state index is 12.9. The number of carbonyl (C=O) groups is 2. The van der Waals surface area contributed by atoms with E-state index < -0.39 is 12.1 Å². The standard InChI is InChI=1S/C23H22ClNO4S/c1-15-6-8-17(9-7-15)22(26)21-12-18(24)14-25(21)10-11-30-20-5-3-4-19(13-20)29-16(2)23(27)28/h3-9,12-14,16H,10-11H2,1-2H3,(H,27,28)/t16-/m0/s1. The summed E-state index contributed by atoms with van der Waals surface area (Å²) >= 11 is 7.76. The molecule has 30 heavy (non-hydrogen) atoms. The first-order chi connectivity index (χ1) is 14.3. The SMILES string of the molecule is Cc1ccc(C(=O)c2cc(Cl)cn2CCSc2cccc(O[C@@H](C)C(=O)O)c2)cc1. The van der Waals surface area contributed by atoms with Gasteiger partial charge in [0, 0.05) is 29.0 Å². The normalized spacial score (nSPS) is 11.8. The van der Waals surface area contributed by atoms with Gasteiger partial charge in [-0.05, 0) is 38.1 Å². The molecule has 0 saturated heterocycles. The number of ether oxygens (including phenoxy) is 1. The molecule has 0 aliphatic heterocycles. The van der Waals surface area contributed by atoms with Crippen molar-refractivity contribution in [2.45, 2.75) is 31.4 Å². The molecule has 5 nitrogen and oxygen atoms in total. The predicted octanol–water partition coefficient (Wildman–Crippen LogP) is 5.33. The summed E-state index contributed by atoms with van der Waals surface area (Å²) in [7, 11) is 0. The average molecular weight is 444 g/mol. The van der Waals surface area contributed by atoms with E-state index in [1.807, 2.05) is 54.0 Å². The molecule has 0 aliphatic carbocycles. The number of benzene rings is 2. The smallest absolute Gasteiger partial charge is 0.344 e. The number of aryl methyl sites for hydroxylation is 2. The highest BCUT2D eigenvalue weighted by atomic mass is 35.5. The van der Waals surface area contributed by atoms with Crippen LogP contribution in [0.25, 0.3) is 0 Å². The number of hydrogen-bond acceptors (Lipinski definition) is 4. The van der Waals surface area contributed by atoms with E-state index in [1.54, 1.807) is 30.1 Å². The first kappa shape index (κ1) is 22.0.